The molecule has 1 N–H and O–H groups in total. The summed E-state index contributed by atoms with van der Waals surface area (Å²) in [7, 11) is -8.06. The molecule has 3 aromatic carbocycles. The average molecular weight is 695 g/mol. The van der Waals surface area contributed by atoms with Gasteiger partial charge in [-0.25, -0.2) is 18.1 Å². The third-order valence-electron chi connectivity index (χ3n) is 8.60. The monoisotopic (exact) mass is 694 g/mol. The normalized spacial score (nSPS) is 15.0. The summed E-state index contributed by atoms with van der Waals surface area (Å²) < 4.78 is 62.8. The number of hydrogen-bond acceptors (Lipinski definition) is 10. The standard InChI is InChI=1S/C36H34N6O5S2/c43-48(44,34-7-3-5-28-24-37-17-14-32(28)34)40-30(26-41-19-21-42(22-20-41)36-9-1-2-16-39-36)23-27-10-12-31(13-11-27)47-49(45,46)35-8-4-6-29-25-38-18-15-33(29)35/h1-18,24-25,30,40H,19-23,26H2. The number of rotatable bonds is 11. The van der Waals surface area contributed by atoms with E-state index in [1.54, 1.807) is 91.6 Å². The average Bonchev–Trinajstić information content (AvgIpc) is 3.12. The summed E-state index contributed by atoms with van der Waals surface area (Å²) in [6.07, 6.45) is 8.53. The zero-order valence-electron chi connectivity index (χ0n) is 26.5. The Kier molecular flexibility index (Phi) is 9.23. The largest absolute Gasteiger partial charge is 0.379 e. The first-order valence-corrected chi connectivity index (χ1v) is 18.7. The molecule has 6 aromatic rings. The Bertz CT molecular complexity index is 2290. The van der Waals surface area contributed by atoms with Crippen LogP contribution in [0.2, 0.25) is 0 Å². The quantitative estimate of drug-likeness (QED) is 0.191. The van der Waals surface area contributed by atoms with Crippen LogP contribution in [0, 0.1) is 0 Å². The highest BCUT2D eigenvalue weighted by atomic mass is 32.2. The highest BCUT2D eigenvalue weighted by Crippen LogP contribution is 2.27. The number of anilines is 1. The molecule has 13 heteroatoms. The van der Waals surface area contributed by atoms with E-state index in [4.69, 9.17) is 4.18 Å². The zero-order chi connectivity index (χ0) is 33.8. The fourth-order valence-corrected chi connectivity index (χ4v) is 8.83. The maximum Gasteiger partial charge on any atom is 0.339 e. The first kappa shape index (κ1) is 32.6. The van der Waals surface area contributed by atoms with Crippen molar-refractivity contribution in [3.8, 4) is 5.75 Å². The van der Waals surface area contributed by atoms with E-state index < -0.39 is 26.2 Å². The molecule has 1 fully saturated rings. The minimum absolute atomic E-state index is 0.0540. The molecule has 4 heterocycles. The predicted octanol–water partition coefficient (Wildman–Crippen LogP) is 4.66. The summed E-state index contributed by atoms with van der Waals surface area (Å²) in [6.45, 7) is 3.48. The molecular formula is C36H34N6O5S2. The predicted molar refractivity (Wildman–Crippen MR) is 188 cm³/mol. The van der Waals surface area contributed by atoms with E-state index in [1.807, 2.05) is 24.3 Å². The summed E-state index contributed by atoms with van der Waals surface area (Å²) in [5.41, 5.74) is 0.822. The van der Waals surface area contributed by atoms with Crippen LogP contribution >= 0.6 is 0 Å². The van der Waals surface area contributed by atoms with Gasteiger partial charge in [0.1, 0.15) is 16.5 Å². The van der Waals surface area contributed by atoms with Gasteiger partial charge < -0.3 is 9.08 Å². The van der Waals surface area contributed by atoms with Gasteiger partial charge in [-0.2, -0.15) is 8.42 Å². The number of sulfonamides is 1. The summed E-state index contributed by atoms with van der Waals surface area (Å²) in [5, 5.41) is 2.54. The lowest BCUT2D eigenvalue weighted by Crippen LogP contribution is -2.52. The van der Waals surface area contributed by atoms with Crippen LogP contribution in [0.25, 0.3) is 21.5 Å². The van der Waals surface area contributed by atoms with Crippen molar-refractivity contribution in [1.29, 1.82) is 0 Å². The Balaban J connectivity index is 1.10. The second-order valence-electron chi connectivity index (χ2n) is 11.9. The smallest absolute Gasteiger partial charge is 0.339 e. The molecule has 1 unspecified atom stereocenters. The first-order valence-electron chi connectivity index (χ1n) is 15.8. The number of hydrogen-bond donors (Lipinski definition) is 1. The molecular weight excluding hydrogens is 661 g/mol. The first-order chi connectivity index (χ1) is 23.7. The number of pyridine rings is 3. The van der Waals surface area contributed by atoms with Crippen molar-refractivity contribution in [3.05, 3.63) is 128 Å². The fourth-order valence-electron chi connectivity index (χ4n) is 6.21. The fraction of sp³-hybridized carbons (Fsp3) is 0.194. The summed E-state index contributed by atoms with van der Waals surface area (Å²) in [6, 6.07) is 25.5. The highest BCUT2D eigenvalue weighted by Gasteiger charge is 2.27. The van der Waals surface area contributed by atoms with Gasteiger partial charge >= 0.3 is 10.1 Å². The lowest BCUT2D eigenvalue weighted by atomic mass is 10.1. The van der Waals surface area contributed by atoms with Gasteiger partial charge in [-0.1, -0.05) is 42.5 Å². The van der Waals surface area contributed by atoms with Gasteiger partial charge in [-0.15, -0.1) is 0 Å². The van der Waals surface area contributed by atoms with Gasteiger partial charge in [-0.05, 0) is 60.5 Å². The SMILES string of the molecule is O=S(=O)(NC(Cc1ccc(OS(=O)(=O)c2cccc3cnccc23)cc1)CN1CCN(c2ccccn2)CC1)c1cccc2cnccc12. The van der Waals surface area contributed by atoms with E-state index in [0.717, 1.165) is 42.9 Å². The molecule has 3 aromatic heterocycles. The lowest BCUT2D eigenvalue weighted by molar-refractivity contribution is 0.236. The van der Waals surface area contributed by atoms with Crippen molar-refractivity contribution in [1.82, 2.24) is 24.6 Å². The van der Waals surface area contributed by atoms with Crippen molar-refractivity contribution in [2.24, 2.45) is 0 Å². The van der Waals surface area contributed by atoms with E-state index in [0.29, 0.717) is 29.1 Å². The number of piperazine rings is 1. The van der Waals surface area contributed by atoms with E-state index in [1.165, 1.54) is 6.07 Å². The van der Waals surface area contributed by atoms with Gasteiger partial charge in [0.15, 0.2) is 0 Å². The molecule has 0 bridgehead atoms. The van der Waals surface area contributed by atoms with E-state index in [2.05, 4.69) is 29.5 Å². The van der Waals surface area contributed by atoms with Crippen molar-refractivity contribution in [3.63, 3.8) is 0 Å². The molecule has 1 saturated heterocycles. The molecule has 1 aliphatic heterocycles. The van der Waals surface area contributed by atoms with Crippen LogP contribution in [0.4, 0.5) is 5.82 Å². The van der Waals surface area contributed by atoms with Crippen LogP contribution in [0.15, 0.2) is 132 Å². The number of nitrogens with one attached hydrogen (secondary N) is 1. The molecule has 0 aliphatic carbocycles. The van der Waals surface area contributed by atoms with Crippen molar-refractivity contribution in [2.45, 2.75) is 22.3 Å². The van der Waals surface area contributed by atoms with Crippen LogP contribution in [-0.4, -0.2) is 75.5 Å². The van der Waals surface area contributed by atoms with E-state index >= 15 is 0 Å². The molecule has 49 heavy (non-hydrogen) atoms. The Labute approximate surface area is 285 Å². The molecule has 1 aliphatic rings. The van der Waals surface area contributed by atoms with E-state index in [9.17, 15) is 16.8 Å². The minimum atomic E-state index is -4.13. The third-order valence-corrected chi connectivity index (χ3v) is 11.5. The van der Waals surface area contributed by atoms with Gasteiger partial charge in [-0.3, -0.25) is 14.9 Å². The van der Waals surface area contributed by atoms with Crippen LogP contribution in [-0.2, 0) is 26.6 Å². The second-order valence-corrected chi connectivity index (χ2v) is 15.1. The molecule has 0 radical (unpaired) electrons. The number of aromatic nitrogens is 3. The molecule has 11 nitrogen and oxygen atoms in total. The summed E-state index contributed by atoms with van der Waals surface area (Å²) in [5.74, 6) is 1.08. The van der Waals surface area contributed by atoms with Crippen molar-refractivity contribution >= 4 is 47.5 Å². The molecule has 0 saturated carbocycles. The van der Waals surface area contributed by atoms with Gasteiger partial charge in [0.05, 0.1) is 4.90 Å². The van der Waals surface area contributed by atoms with Crippen LogP contribution in [0.3, 0.4) is 0 Å². The van der Waals surface area contributed by atoms with Crippen LogP contribution in [0.1, 0.15) is 5.56 Å². The third kappa shape index (κ3) is 7.39. The maximum absolute atomic E-state index is 13.9. The topological polar surface area (TPSA) is 135 Å². The number of nitrogens with zero attached hydrogens (tertiary/aromatic N) is 5. The van der Waals surface area contributed by atoms with Crippen LogP contribution in [0.5, 0.6) is 5.75 Å². The number of fused-ring (bicyclic) bond motifs is 2. The minimum Gasteiger partial charge on any atom is -0.379 e. The second kappa shape index (κ2) is 13.9. The lowest BCUT2D eigenvalue weighted by Gasteiger charge is -2.37. The Morgan fingerprint density at radius 3 is 2.00 bits per heavy atom. The van der Waals surface area contributed by atoms with Crippen LogP contribution < -0.4 is 13.8 Å². The Hall–Kier alpha value is -4.95. The van der Waals surface area contributed by atoms with Crippen molar-refractivity contribution in [2.75, 3.05) is 37.6 Å². The molecule has 1 atom stereocenters. The highest BCUT2D eigenvalue weighted by molar-refractivity contribution is 7.89. The number of benzene rings is 3. The summed E-state index contributed by atoms with van der Waals surface area (Å²) >= 11 is 0. The van der Waals surface area contributed by atoms with Gasteiger partial charge in [0, 0.05) is 91.3 Å². The molecule has 250 valence electrons. The zero-order valence-corrected chi connectivity index (χ0v) is 28.1. The summed E-state index contributed by atoms with van der Waals surface area (Å²) in [4.78, 5) is 17.4. The molecule has 7 rings (SSSR count). The maximum atomic E-state index is 13.9. The molecule has 0 amide bonds. The van der Waals surface area contributed by atoms with Gasteiger partial charge in [0.25, 0.3) is 0 Å². The Morgan fingerprint density at radius 1 is 0.694 bits per heavy atom. The molecule has 0 spiro atoms. The van der Waals surface area contributed by atoms with Gasteiger partial charge in [0.2, 0.25) is 10.0 Å². The Morgan fingerprint density at radius 2 is 1.35 bits per heavy atom. The van der Waals surface area contributed by atoms with E-state index in [-0.39, 0.29) is 15.5 Å². The van der Waals surface area contributed by atoms with Crippen molar-refractivity contribution < 1.29 is 21.0 Å².